The van der Waals surface area contributed by atoms with Gasteiger partial charge in [-0.2, -0.15) is 0 Å². The molecule has 38 heavy (non-hydrogen) atoms. The Bertz CT molecular complexity index is 1450. The van der Waals surface area contributed by atoms with Crippen LogP contribution < -0.4 is 18.9 Å². The van der Waals surface area contributed by atoms with Crippen LogP contribution in [0.1, 0.15) is 50.7 Å². The summed E-state index contributed by atoms with van der Waals surface area (Å²) in [6, 6.07) is 25.2. The van der Waals surface area contributed by atoms with Crippen LogP contribution in [0.2, 0.25) is 0 Å². The molecule has 0 aromatic heterocycles. The highest BCUT2D eigenvalue weighted by atomic mass is 16.5. The number of aromatic hydroxyl groups is 1. The highest BCUT2D eigenvalue weighted by Crippen LogP contribution is 2.48. The lowest BCUT2D eigenvalue weighted by molar-refractivity contribution is 0.0841. The number of benzene rings is 4. The first-order valence-electron chi connectivity index (χ1n) is 12.5. The van der Waals surface area contributed by atoms with Crippen LogP contribution >= 0.6 is 0 Å². The summed E-state index contributed by atoms with van der Waals surface area (Å²) in [6.07, 6.45) is -0.452. The first-order valence-corrected chi connectivity index (χ1v) is 12.5. The van der Waals surface area contributed by atoms with Crippen molar-refractivity contribution < 1.29 is 28.8 Å². The van der Waals surface area contributed by atoms with Crippen LogP contribution in [0.25, 0.3) is 0 Å². The molecule has 1 N–H and O–H groups in total. The number of methoxy groups -OCH3 is 1. The fraction of sp³-hybridized carbons (Fsp3) is 0.219. The van der Waals surface area contributed by atoms with E-state index >= 15 is 0 Å². The number of hydrogen-bond donors (Lipinski definition) is 1. The molecule has 6 heteroatoms. The van der Waals surface area contributed by atoms with Gasteiger partial charge in [0.1, 0.15) is 42.1 Å². The average molecular weight is 511 g/mol. The van der Waals surface area contributed by atoms with E-state index in [2.05, 4.69) is 0 Å². The van der Waals surface area contributed by atoms with E-state index in [0.29, 0.717) is 47.3 Å². The molecule has 0 saturated carbocycles. The fourth-order valence-corrected chi connectivity index (χ4v) is 4.71. The molecular formula is C32H30O6. The highest BCUT2D eigenvalue weighted by Gasteiger charge is 2.34. The lowest BCUT2D eigenvalue weighted by atomic mass is 9.91. The van der Waals surface area contributed by atoms with Gasteiger partial charge in [0.05, 0.1) is 13.5 Å². The maximum absolute atomic E-state index is 13.2. The second kappa shape index (κ2) is 10.9. The minimum absolute atomic E-state index is 0.0943. The number of phenolic OH excluding ortho intramolecular Hbond substituents is 1. The van der Waals surface area contributed by atoms with Crippen LogP contribution in [0.5, 0.6) is 28.7 Å². The predicted octanol–water partition coefficient (Wildman–Crippen LogP) is 6.88. The highest BCUT2D eigenvalue weighted by molar-refractivity contribution is 6.04. The molecule has 0 saturated heterocycles. The zero-order valence-corrected chi connectivity index (χ0v) is 21.7. The van der Waals surface area contributed by atoms with Crippen molar-refractivity contribution in [2.75, 3.05) is 7.11 Å². The van der Waals surface area contributed by atoms with Gasteiger partial charge < -0.3 is 24.1 Å². The van der Waals surface area contributed by atoms with E-state index in [1.807, 2.05) is 85.8 Å². The van der Waals surface area contributed by atoms with E-state index in [-0.39, 0.29) is 23.5 Å². The summed E-state index contributed by atoms with van der Waals surface area (Å²) < 4.78 is 24.0. The summed E-state index contributed by atoms with van der Waals surface area (Å²) in [7, 11) is 1.58. The summed E-state index contributed by atoms with van der Waals surface area (Å²) in [4.78, 5) is 13.2. The van der Waals surface area contributed by atoms with Crippen molar-refractivity contribution in [3.8, 4) is 28.7 Å². The molecule has 1 aliphatic heterocycles. The average Bonchev–Trinajstić information content (AvgIpc) is 2.95. The molecule has 0 bridgehead atoms. The van der Waals surface area contributed by atoms with Gasteiger partial charge in [0.25, 0.3) is 0 Å². The van der Waals surface area contributed by atoms with Gasteiger partial charge in [-0.1, -0.05) is 66.7 Å². The lowest BCUT2D eigenvalue weighted by Gasteiger charge is -2.29. The summed E-state index contributed by atoms with van der Waals surface area (Å²) in [5, 5.41) is 10.9. The third kappa shape index (κ3) is 5.02. The van der Waals surface area contributed by atoms with Crippen LogP contribution in [0.15, 0.2) is 78.9 Å². The normalized spacial score (nSPS) is 14.4. The summed E-state index contributed by atoms with van der Waals surface area (Å²) in [6.45, 7) is 4.34. The molecule has 0 spiro atoms. The second-order valence-electron chi connectivity index (χ2n) is 9.32. The number of phenols is 1. The quantitative estimate of drug-likeness (QED) is 0.278. The molecule has 0 amide bonds. The Balaban J connectivity index is 1.40. The van der Waals surface area contributed by atoms with Gasteiger partial charge in [-0.05, 0) is 42.7 Å². The Morgan fingerprint density at radius 2 is 1.47 bits per heavy atom. The Morgan fingerprint density at radius 1 is 0.842 bits per heavy atom. The molecule has 5 rings (SSSR count). The first kappa shape index (κ1) is 25.2. The molecule has 6 nitrogen and oxygen atoms in total. The zero-order chi connectivity index (χ0) is 26.6. The van der Waals surface area contributed by atoms with Crippen molar-refractivity contribution in [2.45, 2.75) is 39.6 Å². The molecule has 0 radical (unpaired) electrons. The van der Waals surface area contributed by atoms with E-state index in [0.717, 1.165) is 16.7 Å². The molecule has 1 atom stereocenters. The smallest absolute Gasteiger partial charge is 0.174 e. The number of Topliss-reactive ketones (excluding diaryl/α,β-unsaturated/α-hetero) is 1. The van der Waals surface area contributed by atoms with E-state index in [1.165, 1.54) is 0 Å². The van der Waals surface area contributed by atoms with Gasteiger partial charge in [-0.3, -0.25) is 4.79 Å². The molecule has 1 unspecified atom stereocenters. The van der Waals surface area contributed by atoms with Crippen LogP contribution in [-0.4, -0.2) is 18.0 Å². The first-order chi connectivity index (χ1) is 18.5. The van der Waals surface area contributed by atoms with Crippen molar-refractivity contribution in [3.05, 3.63) is 112 Å². The minimum Gasteiger partial charge on any atom is -0.507 e. The van der Waals surface area contributed by atoms with Gasteiger partial charge in [0.15, 0.2) is 17.3 Å². The largest absolute Gasteiger partial charge is 0.507 e. The summed E-state index contributed by atoms with van der Waals surface area (Å²) >= 11 is 0. The third-order valence-corrected chi connectivity index (χ3v) is 6.77. The number of ketones is 1. The predicted molar refractivity (Wildman–Crippen MR) is 144 cm³/mol. The molecule has 4 aromatic carbocycles. The maximum atomic E-state index is 13.2. The van der Waals surface area contributed by atoms with Crippen LogP contribution in [0, 0.1) is 13.8 Å². The van der Waals surface area contributed by atoms with Crippen LogP contribution in [0.4, 0.5) is 0 Å². The SMILES string of the molecule is COc1cc(C2CC(=O)c3c(O)c(C)c(OCc4ccccc4)c(C)c3O2)ccc1OCc1ccccc1. The molecule has 1 heterocycles. The number of fused-ring (bicyclic) bond motifs is 1. The Kier molecular flexibility index (Phi) is 7.22. The number of carbonyl (C=O) groups is 1. The fourth-order valence-electron chi connectivity index (χ4n) is 4.71. The van der Waals surface area contributed by atoms with Gasteiger partial charge in [-0.25, -0.2) is 0 Å². The van der Waals surface area contributed by atoms with E-state index < -0.39 is 6.10 Å². The molecule has 1 aliphatic rings. The van der Waals surface area contributed by atoms with E-state index in [1.54, 1.807) is 14.0 Å². The Morgan fingerprint density at radius 3 is 2.11 bits per heavy atom. The maximum Gasteiger partial charge on any atom is 0.174 e. The summed E-state index contributed by atoms with van der Waals surface area (Å²) in [5.41, 5.74) is 4.23. The second-order valence-corrected chi connectivity index (χ2v) is 9.32. The molecular weight excluding hydrogens is 480 g/mol. The van der Waals surface area contributed by atoms with E-state index in [4.69, 9.17) is 18.9 Å². The van der Waals surface area contributed by atoms with E-state index in [9.17, 15) is 9.90 Å². The van der Waals surface area contributed by atoms with Crippen molar-refractivity contribution in [1.82, 2.24) is 0 Å². The van der Waals surface area contributed by atoms with Gasteiger partial charge in [-0.15, -0.1) is 0 Å². The number of hydrogen-bond acceptors (Lipinski definition) is 6. The topological polar surface area (TPSA) is 74.2 Å². The van der Waals surface area contributed by atoms with Crippen molar-refractivity contribution in [3.63, 3.8) is 0 Å². The Hall–Kier alpha value is -4.45. The number of rotatable bonds is 8. The molecule has 0 aliphatic carbocycles. The molecule has 0 fully saturated rings. The standard InChI is InChI=1S/C32H30O6/c1-20-30(34)29-25(33)17-27(38-32(29)21(2)31(20)37-19-23-12-8-5-9-13-23)24-14-15-26(28(16-24)35-3)36-18-22-10-6-4-7-11-22/h4-16,27,34H,17-19H2,1-3H3. The van der Waals surface area contributed by atoms with Crippen molar-refractivity contribution >= 4 is 5.78 Å². The minimum atomic E-state index is -0.546. The summed E-state index contributed by atoms with van der Waals surface area (Å²) in [5.74, 6) is 1.73. The Labute approximate surface area is 222 Å². The van der Waals surface area contributed by atoms with Gasteiger partial charge in [0.2, 0.25) is 0 Å². The van der Waals surface area contributed by atoms with Gasteiger partial charge in [0, 0.05) is 11.1 Å². The zero-order valence-electron chi connectivity index (χ0n) is 21.7. The number of ether oxygens (including phenoxy) is 4. The van der Waals surface area contributed by atoms with Crippen molar-refractivity contribution in [1.29, 1.82) is 0 Å². The molecule has 4 aromatic rings. The van der Waals surface area contributed by atoms with Crippen molar-refractivity contribution in [2.24, 2.45) is 0 Å². The third-order valence-electron chi connectivity index (χ3n) is 6.77. The van der Waals surface area contributed by atoms with Crippen LogP contribution in [0.3, 0.4) is 0 Å². The monoisotopic (exact) mass is 510 g/mol. The molecule has 194 valence electrons. The number of carbonyl (C=O) groups excluding carboxylic acids is 1. The van der Waals surface area contributed by atoms with Gasteiger partial charge >= 0.3 is 0 Å². The van der Waals surface area contributed by atoms with Crippen LogP contribution in [-0.2, 0) is 13.2 Å². The lowest BCUT2D eigenvalue weighted by Crippen LogP contribution is -2.22.